The Kier molecular flexibility index (Phi) is 5.81. The first-order valence-corrected chi connectivity index (χ1v) is 11.8. The molecule has 0 aliphatic carbocycles. The molecule has 156 valence electrons. The van der Waals surface area contributed by atoms with E-state index >= 15 is 0 Å². The Balaban J connectivity index is 1.84. The lowest BCUT2D eigenvalue weighted by Crippen LogP contribution is -2.49. The summed E-state index contributed by atoms with van der Waals surface area (Å²) in [6, 6.07) is 12.4. The Hall–Kier alpha value is -2.42. The van der Waals surface area contributed by atoms with Crippen LogP contribution in [0, 0.1) is 11.6 Å². The molecule has 2 heterocycles. The van der Waals surface area contributed by atoms with Crippen LogP contribution in [0.5, 0.6) is 0 Å². The number of benzene rings is 2. The number of carbonyl (C=O) groups excluding carboxylic acids is 1. The zero-order chi connectivity index (χ0) is 21.3. The zero-order valence-electron chi connectivity index (χ0n) is 15.9. The molecule has 3 aromatic rings. The number of sulfonamides is 1. The maximum atomic E-state index is 13.6. The average molecular weight is 448 g/mol. The first kappa shape index (κ1) is 20.8. The minimum atomic E-state index is -3.83. The van der Waals surface area contributed by atoms with Crippen molar-refractivity contribution in [3.63, 3.8) is 0 Å². The molecule has 4 rings (SSSR count). The lowest BCUT2D eigenvalue weighted by molar-refractivity contribution is -0.122. The largest absolute Gasteiger partial charge is 0.300 e. The molecule has 1 saturated heterocycles. The fraction of sp³-hybridized carbons (Fsp3) is 0.227. The molecule has 2 aromatic carbocycles. The zero-order valence-corrected chi connectivity index (χ0v) is 17.5. The monoisotopic (exact) mass is 447 g/mol. The van der Waals surface area contributed by atoms with Gasteiger partial charge in [-0.15, -0.1) is 0 Å². The second-order valence-corrected chi connectivity index (χ2v) is 9.89. The molecule has 4 nitrogen and oxygen atoms in total. The van der Waals surface area contributed by atoms with Gasteiger partial charge in [-0.1, -0.05) is 24.3 Å². The molecule has 1 atom stereocenters. The van der Waals surface area contributed by atoms with E-state index in [-0.39, 0.29) is 30.1 Å². The SMILES string of the molecule is O=C1CCN(S(=O)(=O)c2ccsc2)C(C(c2ccc(F)cc2)c2ccc(F)cc2)C1. The highest BCUT2D eigenvalue weighted by molar-refractivity contribution is 7.89. The fourth-order valence-corrected chi connectivity index (χ4v) is 6.58. The van der Waals surface area contributed by atoms with E-state index < -0.39 is 33.6 Å². The Labute approximate surface area is 177 Å². The van der Waals surface area contributed by atoms with Crippen LogP contribution in [0.2, 0.25) is 0 Å². The molecule has 30 heavy (non-hydrogen) atoms. The summed E-state index contributed by atoms with van der Waals surface area (Å²) in [4.78, 5) is 12.6. The van der Waals surface area contributed by atoms with Crippen LogP contribution in [0.3, 0.4) is 0 Å². The van der Waals surface area contributed by atoms with Crippen LogP contribution in [0.1, 0.15) is 29.9 Å². The second-order valence-electron chi connectivity index (χ2n) is 7.22. The summed E-state index contributed by atoms with van der Waals surface area (Å²) in [5.74, 6) is -1.42. The van der Waals surface area contributed by atoms with Gasteiger partial charge in [0.1, 0.15) is 17.4 Å². The Morgan fingerprint density at radius 3 is 2.00 bits per heavy atom. The van der Waals surface area contributed by atoms with E-state index in [1.807, 2.05) is 0 Å². The van der Waals surface area contributed by atoms with Crippen LogP contribution in [0.15, 0.2) is 70.3 Å². The number of halogens is 2. The smallest absolute Gasteiger partial charge is 0.244 e. The number of piperidine rings is 1. The number of hydrogen-bond acceptors (Lipinski definition) is 4. The molecular formula is C22H19F2NO3S2. The van der Waals surface area contributed by atoms with Crippen LogP contribution in [-0.4, -0.2) is 31.1 Å². The number of carbonyl (C=O) groups is 1. The van der Waals surface area contributed by atoms with Crippen LogP contribution in [0.4, 0.5) is 8.78 Å². The van der Waals surface area contributed by atoms with E-state index in [9.17, 15) is 22.0 Å². The standard InChI is InChI=1S/C22H19F2NO3S2/c23-17-5-1-15(2-6-17)22(16-3-7-18(24)8-4-16)21-13-19(26)9-11-25(21)30(27,28)20-10-12-29-14-20/h1-8,10,12,14,21-22H,9,11,13H2. The summed E-state index contributed by atoms with van der Waals surface area (Å²) in [5.41, 5.74) is 1.32. The fourth-order valence-electron chi connectivity index (χ4n) is 3.93. The van der Waals surface area contributed by atoms with Gasteiger partial charge in [0.05, 0.1) is 4.90 Å². The van der Waals surface area contributed by atoms with Crippen LogP contribution >= 0.6 is 11.3 Å². The molecule has 1 fully saturated rings. The van der Waals surface area contributed by atoms with E-state index in [4.69, 9.17) is 0 Å². The molecule has 1 aliphatic rings. The molecule has 8 heteroatoms. The van der Waals surface area contributed by atoms with E-state index in [2.05, 4.69) is 0 Å². The number of ketones is 1. The van der Waals surface area contributed by atoms with E-state index in [1.54, 1.807) is 35.0 Å². The third-order valence-corrected chi connectivity index (χ3v) is 8.12. The van der Waals surface area contributed by atoms with Gasteiger partial charge in [-0.05, 0) is 46.8 Å². The molecule has 0 radical (unpaired) electrons. The first-order valence-electron chi connectivity index (χ1n) is 9.43. The molecule has 0 spiro atoms. The predicted molar refractivity (Wildman–Crippen MR) is 111 cm³/mol. The van der Waals surface area contributed by atoms with Gasteiger partial charge in [-0.25, -0.2) is 17.2 Å². The van der Waals surface area contributed by atoms with E-state index in [1.165, 1.54) is 46.0 Å². The quantitative estimate of drug-likeness (QED) is 0.575. The summed E-state index contributed by atoms with van der Waals surface area (Å²) < 4.78 is 55.2. The van der Waals surface area contributed by atoms with E-state index in [0.29, 0.717) is 11.1 Å². The van der Waals surface area contributed by atoms with Gasteiger partial charge in [0.2, 0.25) is 10.0 Å². The Morgan fingerprint density at radius 1 is 0.933 bits per heavy atom. The van der Waals surface area contributed by atoms with Crippen molar-refractivity contribution in [1.82, 2.24) is 4.31 Å². The molecule has 0 bridgehead atoms. The topological polar surface area (TPSA) is 54.5 Å². The minimum absolute atomic E-state index is 0.0305. The van der Waals surface area contributed by atoms with Gasteiger partial charge in [-0.3, -0.25) is 4.79 Å². The molecule has 1 aromatic heterocycles. The minimum Gasteiger partial charge on any atom is -0.300 e. The van der Waals surface area contributed by atoms with Gasteiger partial charge in [0.25, 0.3) is 0 Å². The summed E-state index contributed by atoms with van der Waals surface area (Å²) in [7, 11) is -3.83. The predicted octanol–water partition coefficient (Wildman–Crippen LogP) is 4.58. The normalized spacial score (nSPS) is 18.1. The second kappa shape index (κ2) is 8.37. The average Bonchev–Trinajstić information content (AvgIpc) is 3.27. The molecular weight excluding hydrogens is 428 g/mol. The lowest BCUT2D eigenvalue weighted by Gasteiger charge is -2.39. The third-order valence-electron chi connectivity index (χ3n) is 5.36. The lowest BCUT2D eigenvalue weighted by atomic mass is 9.81. The van der Waals surface area contributed by atoms with Crippen LogP contribution in [-0.2, 0) is 14.8 Å². The number of hydrogen-bond donors (Lipinski definition) is 0. The highest BCUT2D eigenvalue weighted by atomic mass is 32.2. The van der Waals surface area contributed by atoms with Crippen molar-refractivity contribution < 1.29 is 22.0 Å². The number of rotatable bonds is 5. The molecule has 0 saturated carbocycles. The Morgan fingerprint density at radius 2 is 1.50 bits per heavy atom. The molecule has 1 aliphatic heterocycles. The molecule has 0 N–H and O–H groups in total. The highest BCUT2D eigenvalue weighted by Crippen LogP contribution is 2.38. The van der Waals surface area contributed by atoms with Crippen LogP contribution < -0.4 is 0 Å². The van der Waals surface area contributed by atoms with Crippen molar-refractivity contribution >= 4 is 27.1 Å². The van der Waals surface area contributed by atoms with Crippen molar-refractivity contribution in [1.29, 1.82) is 0 Å². The molecule has 0 amide bonds. The van der Waals surface area contributed by atoms with Gasteiger partial charge in [0, 0.05) is 36.7 Å². The van der Waals surface area contributed by atoms with Crippen molar-refractivity contribution in [2.75, 3.05) is 6.54 Å². The summed E-state index contributed by atoms with van der Waals surface area (Å²) in [5, 5.41) is 3.25. The first-order chi connectivity index (χ1) is 14.4. The summed E-state index contributed by atoms with van der Waals surface area (Å²) >= 11 is 1.28. The van der Waals surface area contributed by atoms with Crippen LogP contribution in [0.25, 0.3) is 0 Å². The maximum Gasteiger partial charge on any atom is 0.244 e. The van der Waals surface area contributed by atoms with E-state index in [0.717, 1.165) is 0 Å². The highest BCUT2D eigenvalue weighted by Gasteiger charge is 2.41. The van der Waals surface area contributed by atoms with Crippen molar-refractivity contribution in [3.05, 3.63) is 88.1 Å². The summed E-state index contributed by atoms with van der Waals surface area (Å²) in [6.45, 7) is 0.0700. The van der Waals surface area contributed by atoms with Gasteiger partial charge < -0.3 is 0 Å². The van der Waals surface area contributed by atoms with Crippen molar-refractivity contribution in [3.8, 4) is 0 Å². The Bertz CT molecular complexity index is 1080. The number of nitrogens with zero attached hydrogens (tertiary/aromatic N) is 1. The number of Topliss-reactive ketones (excluding diaryl/α,β-unsaturated/α-hetero) is 1. The third kappa shape index (κ3) is 4.08. The summed E-state index contributed by atoms with van der Waals surface area (Å²) in [6.07, 6.45) is 0.169. The van der Waals surface area contributed by atoms with Crippen molar-refractivity contribution in [2.45, 2.75) is 29.7 Å². The van der Waals surface area contributed by atoms with Crippen molar-refractivity contribution in [2.24, 2.45) is 0 Å². The van der Waals surface area contributed by atoms with Gasteiger partial charge in [0.15, 0.2) is 0 Å². The van der Waals surface area contributed by atoms with Gasteiger partial charge >= 0.3 is 0 Å². The maximum absolute atomic E-state index is 13.6. The molecule has 1 unspecified atom stereocenters. The number of thiophene rings is 1. The van der Waals surface area contributed by atoms with Gasteiger partial charge in [-0.2, -0.15) is 15.6 Å².